The Balaban J connectivity index is 1.58. The Morgan fingerprint density at radius 2 is 1.54 bits per heavy atom. The maximum Gasteiger partial charge on any atom is 0.123 e. The van der Waals surface area contributed by atoms with Gasteiger partial charge >= 0.3 is 0 Å². The number of benzene rings is 3. The summed E-state index contributed by atoms with van der Waals surface area (Å²) in [7, 11) is 0. The molecule has 0 radical (unpaired) electrons. The van der Waals surface area contributed by atoms with E-state index < -0.39 is 0 Å². The molecular weight excluding hydrogens is 301 g/mol. The second kappa shape index (κ2) is 7.55. The van der Waals surface area contributed by atoms with Crippen molar-refractivity contribution in [2.75, 3.05) is 0 Å². The zero-order valence-corrected chi connectivity index (χ0v) is 13.4. The van der Waals surface area contributed by atoms with Crippen LogP contribution in [0.1, 0.15) is 16.7 Å². The molecule has 120 valence electrons. The van der Waals surface area contributed by atoms with Crippen molar-refractivity contribution in [3.8, 4) is 5.75 Å². The number of aryl methyl sites for hydroxylation is 1. The summed E-state index contributed by atoms with van der Waals surface area (Å²) in [6.07, 6.45) is 1.83. The molecule has 2 nitrogen and oxygen atoms in total. The lowest BCUT2D eigenvalue weighted by Gasteiger charge is -2.06. The third-order valence-corrected chi connectivity index (χ3v) is 3.60. The maximum atomic E-state index is 12.9. The Bertz CT molecular complexity index is 806. The highest BCUT2D eigenvalue weighted by atomic mass is 19.1. The van der Waals surface area contributed by atoms with Crippen molar-refractivity contribution in [3.63, 3.8) is 0 Å². The van der Waals surface area contributed by atoms with Crippen LogP contribution in [0.4, 0.5) is 10.1 Å². The third-order valence-electron chi connectivity index (χ3n) is 3.60. The molecule has 0 unspecified atom stereocenters. The number of nitrogens with zero attached hydrogens (tertiary/aromatic N) is 1. The van der Waals surface area contributed by atoms with Crippen molar-refractivity contribution >= 4 is 11.9 Å². The van der Waals surface area contributed by atoms with Crippen molar-refractivity contribution in [2.24, 2.45) is 4.99 Å². The molecule has 3 aromatic rings. The topological polar surface area (TPSA) is 21.6 Å². The summed E-state index contributed by atoms with van der Waals surface area (Å²) in [6, 6.07) is 22.1. The summed E-state index contributed by atoms with van der Waals surface area (Å²) >= 11 is 0. The molecule has 0 aromatic heterocycles. The lowest BCUT2D eigenvalue weighted by molar-refractivity contribution is 0.306. The smallest absolute Gasteiger partial charge is 0.123 e. The molecule has 0 N–H and O–H groups in total. The Hall–Kier alpha value is -2.94. The van der Waals surface area contributed by atoms with Crippen LogP contribution in [-0.2, 0) is 6.61 Å². The Morgan fingerprint density at radius 3 is 2.21 bits per heavy atom. The van der Waals surface area contributed by atoms with Crippen LogP contribution in [0.2, 0.25) is 0 Å². The lowest BCUT2D eigenvalue weighted by Crippen LogP contribution is -1.95. The zero-order chi connectivity index (χ0) is 16.8. The predicted octanol–water partition coefficient (Wildman–Crippen LogP) is 5.46. The summed E-state index contributed by atoms with van der Waals surface area (Å²) in [4.78, 5) is 4.45. The van der Waals surface area contributed by atoms with Gasteiger partial charge < -0.3 is 4.74 Å². The molecule has 0 spiro atoms. The van der Waals surface area contributed by atoms with Crippen LogP contribution >= 0.6 is 0 Å². The van der Waals surface area contributed by atoms with Crippen molar-refractivity contribution in [2.45, 2.75) is 13.5 Å². The maximum absolute atomic E-state index is 12.9. The van der Waals surface area contributed by atoms with Crippen LogP contribution in [0.25, 0.3) is 0 Å². The van der Waals surface area contributed by atoms with Gasteiger partial charge in [-0.05, 0) is 66.6 Å². The molecule has 0 amide bonds. The fourth-order valence-corrected chi connectivity index (χ4v) is 2.18. The van der Waals surface area contributed by atoms with Gasteiger partial charge in [0.2, 0.25) is 0 Å². The van der Waals surface area contributed by atoms with Gasteiger partial charge in [0.15, 0.2) is 0 Å². The van der Waals surface area contributed by atoms with Crippen molar-refractivity contribution in [3.05, 3.63) is 95.3 Å². The molecule has 0 fully saturated rings. The first-order valence-electron chi connectivity index (χ1n) is 7.77. The molecule has 0 aliphatic heterocycles. The van der Waals surface area contributed by atoms with Crippen LogP contribution in [0.3, 0.4) is 0 Å². The van der Waals surface area contributed by atoms with E-state index in [0.29, 0.717) is 6.61 Å². The fourth-order valence-electron chi connectivity index (χ4n) is 2.18. The molecule has 0 aliphatic carbocycles. The number of halogens is 1. The normalized spacial score (nSPS) is 10.9. The number of aliphatic imine (C=N–C) groups is 1. The van der Waals surface area contributed by atoms with Gasteiger partial charge in [-0.3, -0.25) is 4.99 Å². The van der Waals surface area contributed by atoms with E-state index in [1.165, 1.54) is 17.7 Å². The van der Waals surface area contributed by atoms with E-state index in [9.17, 15) is 4.39 Å². The molecule has 3 rings (SSSR count). The van der Waals surface area contributed by atoms with E-state index in [2.05, 4.69) is 11.9 Å². The van der Waals surface area contributed by atoms with Gasteiger partial charge in [-0.15, -0.1) is 0 Å². The Morgan fingerprint density at radius 1 is 0.875 bits per heavy atom. The minimum absolute atomic E-state index is 0.240. The van der Waals surface area contributed by atoms with Crippen LogP contribution in [0.5, 0.6) is 5.75 Å². The quantitative estimate of drug-likeness (QED) is 0.572. The molecule has 0 heterocycles. The van der Waals surface area contributed by atoms with Crippen LogP contribution in [0.15, 0.2) is 77.8 Å². The minimum atomic E-state index is -0.240. The number of hydrogen-bond donors (Lipinski definition) is 0. The number of hydrogen-bond acceptors (Lipinski definition) is 2. The summed E-state index contributed by atoms with van der Waals surface area (Å²) in [5.41, 5.74) is 4.08. The SMILES string of the molecule is Cc1ccc(N=Cc2ccc(OCc3ccc(F)cc3)cc2)cc1. The highest BCUT2D eigenvalue weighted by Gasteiger charge is 1.97. The molecule has 3 aromatic carbocycles. The fraction of sp³-hybridized carbons (Fsp3) is 0.0952. The van der Waals surface area contributed by atoms with Crippen molar-refractivity contribution < 1.29 is 9.13 Å². The molecule has 0 atom stereocenters. The minimum Gasteiger partial charge on any atom is -0.489 e. The summed E-state index contributed by atoms with van der Waals surface area (Å²) in [5, 5.41) is 0. The largest absolute Gasteiger partial charge is 0.489 e. The van der Waals surface area contributed by atoms with E-state index in [1.54, 1.807) is 12.1 Å². The van der Waals surface area contributed by atoms with Crippen LogP contribution in [-0.4, -0.2) is 6.21 Å². The molecule has 0 saturated carbocycles. The van der Waals surface area contributed by atoms with E-state index in [-0.39, 0.29) is 5.82 Å². The monoisotopic (exact) mass is 319 g/mol. The van der Waals surface area contributed by atoms with Gasteiger partial charge in [0.25, 0.3) is 0 Å². The van der Waals surface area contributed by atoms with Gasteiger partial charge in [-0.25, -0.2) is 4.39 Å². The van der Waals surface area contributed by atoms with Gasteiger partial charge in [-0.1, -0.05) is 29.8 Å². The standard InChI is InChI=1S/C21H18FNO/c1-16-2-10-20(11-3-16)23-14-17-6-12-21(13-7-17)24-15-18-4-8-19(22)9-5-18/h2-14H,15H2,1H3. The second-order valence-electron chi connectivity index (χ2n) is 5.58. The molecular formula is C21H18FNO. The van der Waals surface area contributed by atoms with Crippen LogP contribution < -0.4 is 4.74 Å². The molecule has 0 aliphatic rings. The van der Waals surface area contributed by atoms with Crippen molar-refractivity contribution in [1.82, 2.24) is 0 Å². The molecule has 0 bridgehead atoms. The van der Waals surface area contributed by atoms with Crippen LogP contribution in [0, 0.1) is 12.7 Å². The lowest BCUT2D eigenvalue weighted by atomic mass is 10.2. The van der Waals surface area contributed by atoms with Gasteiger partial charge in [0.05, 0.1) is 5.69 Å². The van der Waals surface area contributed by atoms with E-state index in [0.717, 1.165) is 22.6 Å². The Kier molecular flexibility index (Phi) is 5.02. The first-order valence-corrected chi connectivity index (χ1v) is 7.77. The average Bonchev–Trinajstić information content (AvgIpc) is 2.62. The van der Waals surface area contributed by atoms with Crippen molar-refractivity contribution in [1.29, 1.82) is 0 Å². The highest BCUT2D eigenvalue weighted by molar-refractivity contribution is 5.82. The second-order valence-corrected chi connectivity index (χ2v) is 5.58. The Labute approximate surface area is 141 Å². The van der Waals surface area contributed by atoms with Gasteiger partial charge in [0, 0.05) is 6.21 Å². The van der Waals surface area contributed by atoms with E-state index >= 15 is 0 Å². The van der Waals surface area contributed by atoms with E-state index in [4.69, 9.17) is 4.74 Å². The highest BCUT2D eigenvalue weighted by Crippen LogP contribution is 2.16. The van der Waals surface area contributed by atoms with E-state index in [1.807, 2.05) is 54.7 Å². The first kappa shape index (κ1) is 15.9. The number of ether oxygens (including phenoxy) is 1. The number of rotatable bonds is 5. The summed E-state index contributed by atoms with van der Waals surface area (Å²) in [5.74, 6) is 0.530. The van der Waals surface area contributed by atoms with Gasteiger partial charge in [-0.2, -0.15) is 0 Å². The van der Waals surface area contributed by atoms with Gasteiger partial charge in [0.1, 0.15) is 18.2 Å². The summed E-state index contributed by atoms with van der Waals surface area (Å²) < 4.78 is 18.6. The zero-order valence-electron chi connectivity index (χ0n) is 13.4. The first-order chi connectivity index (χ1) is 11.7. The summed E-state index contributed by atoms with van der Waals surface area (Å²) in [6.45, 7) is 2.47. The molecule has 3 heteroatoms. The predicted molar refractivity (Wildman–Crippen MR) is 95.6 cm³/mol. The third kappa shape index (κ3) is 4.53. The molecule has 24 heavy (non-hydrogen) atoms. The average molecular weight is 319 g/mol. The molecule has 0 saturated heterocycles.